The molecule has 0 bridgehead atoms. The highest BCUT2D eigenvalue weighted by atomic mass is 16.3. The summed E-state index contributed by atoms with van der Waals surface area (Å²) in [7, 11) is 1.98. The van der Waals surface area contributed by atoms with Gasteiger partial charge in [-0.25, -0.2) is 0 Å². The number of aliphatic hydroxyl groups is 1. The van der Waals surface area contributed by atoms with Crippen molar-refractivity contribution in [2.75, 3.05) is 6.54 Å². The number of carbonyl (C=O) groups is 1. The Hall–Kier alpha value is -1.81. The van der Waals surface area contributed by atoms with Crippen molar-refractivity contribution in [1.82, 2.24) is 9.47 Å². The summed E-state index contributed by atoms with van der Waals surface area (Å²) in [4.78, 5) is 15.2. The summed E-state index contributed by atoms with van der Waals surface area (Å²) < 4.78 is 2.02. The number of para-hydroxylation sites is 1. The van der Waals surface area contributed by atoms with Gasteiger partial charge in [0.2, 0.25) is 0 Å². The van der Waals surface area contributed by atoms with Crippen LogP contribution in [0.3, 0.4) is 0 Å². The second-order valence-electron chi connectivity index (χ2n) is 6.85. The molecule has 2 heterocycles. The summed E-state index contributed by atoms with van der Waals surface area (Å²) in [6.07, 6.45) is 6.34. The van der Waals surface area contributed by atoms with Crippen molar-refractivity contribution in [2.24, 2.45) is 7.05 Å². The number of amides is 1. The van der Waals surface area contributed by atoms with Gasteiger partial charge in [0.25, 0.3) is 5.91 Å². The van der Waals surface area contributed by atoms with E-state index in [4.69, 9.17) is 0 Å². The Labute approximate surface area is 130 Å². The van der Waals surface area contributed by atoms with Crippen LogP contribution in [0.1, 0.15) is 42.5 Å². The average molecular weight is 298 g/mol. The van der Waals surface area contributed by atoms with Crippen molar-refractivity contribution >= 4 is 16.8 Å². The van der Waals surface area contributed by atoms with Gasteiger partial charge >= 0.3 is 0 Å². The predicted octanol–water partition coefficient (Wildman–Crippen LogP) is 2.70. The van der Waals surface area contributed by atoms with Gasteiger partial charge in [0.1, 0.15) is 0 Å². The minimum atomic E-state index is -0.253. The van der Waals surface area contributed by atoms with E-state index in [2.05, 4.69) is 0 Å². The Balaban J connectivity index is 1.74. The van der Waals surface area contributed by atoms with Crippen molar-refractivity contribution in [1.29, 1.82) is 0 Å². The van der Waals surface area contributed by atoms with Crippen LogP contribution in [0.4, 0.5) is 0 Å². The molecule has 4 heteroatoms. The first-order valence-electron chi connectivity index (χ1n) is 8.15. The van der Waals surface area contributed by atoms with Crippen LogP contribution in [0.15, 0.2) is 30.5 Å². The number of aliphatic hydroxyl groups excluding tert-OH is 1. The topological polar surface area (TPSA) is 45.5 Å². The number of fused-ring (bicyclic) bond motifs is 1. The molecule has 4 nitrogen and oxygen atoms in total. The highest BCUT2D eigenvalue weighted by molar-refractivity contribution is 6.07. The molecular weight excluding hydrogens is 276 g/mol. The number of nitrogens with zero attached hydrogens (tertiary/aromatic N) is 2. The van der Waals surface area contributed by atoms with E-state index in [1.165, 1.54) is 0 Å². The van der Waals surface area contributed by atoms with Gasteiger partial charge in [-0.2, -0.15) is 0 Å². The lowest BCUT2D eigenvalue weighted by molar-refractivity contribution is -0.0483. The quantitative estimate of drug-likeness (QED) is 0.880. The lowest BCUT2D eigenvalue weighted by atomic mass is 9.69. The summed E-state index contributed by atoms with van der Waals surface area (Å²) in [5, 5.41) is 11.0. The molecule has 2 aliphatic rings. The van der Waals surface area contributed by atoms with Gasteiger partial charge in [-0.05, 0) is 38.2 Å². The predicted molar refractivity (Wildman–Crippen MR) is 85.8 cm³/mol. The number of aromatic nitrogens is 1. The molecule has 22 heavy (non-hydrogen) atoms. The second-order valence-corrected chi connectivity index (χ2v) is 6.85. The fourth-order valence-electron chi connectivity index (χ4n) is 4.20. The molecule has 1 spiro atoms. The zero-order chi connectivity index (χ0) is 15.3. The van der Waals surface area contributed by atoms with Gasteiger partial charge in [-0.1, -0.05) is 18.2 Å². The number of benzene rings is 1. The largest absolute Gasteiger partial charge is 0.393 e. The van der Waals surface area contributed by atoms with Crippen molar-refractivity contribution in [3.05, 3.63) is 36.0 Å². The Kier molecular flexibility index (Phi) is 3.05. The first kappa shape index (κ1) is 13.8. The fraction of sp³-hybridized carbons (Fsp3) is 0.500. The molecule has 1 amide bonds. The molecule has 0 radical (unpaired) electrons. The van der Waals surface area contributed by atoms with E-state index < -0.39 is 0 Å². The smallest absolute Gasteiger partial charge is 0.256 e. The van der Waals surface area contributed by atoms with Crippen molar-refractivity contribution in [3.8, 4) is 0 Å². The van der Waals surface area contributed by atoms with E-state index in [-0.39, 0.29) is 17.6 Å². The molecule has 2 aromatic rings. The van der Waals surface area contributed by atoms with Gasteiger partial charge in [0.05, 0.1) is 11.7 Å². The number of piperidine rings is 1. The van der Waals surface area contributed by atoms with Crippen molar-refractivity contribution < 1.29 is 9.90 Å². The van der Waals surface area contributed by atoms with Crippen molar-refractivity contribution in [3.63, 3.8) is 0 Å². The number of likely N-dealkylation sites (tertiary alicyclic amines) is 1. The van der Waals surface area contributed by atoms with Crippen LogP contribution in [0.5, 0.6) is 0 Å². The van der Waals surface area contributed by atoms with E-state index in [0.717, 1.165) is 42.1 Å². The lowest BCUT2D eigenvalue weighted by Crippen LogP contribution is -2.61. The molecule has 4 rings (SSSR count). The average Bonchev–Trinajstić information content (AvgIpc) is 2.82. The monoisotopic (exact) mass is 298 g/mol. The lowest BCUT2D eigenvalue weighted by Gasteiger charge is -2.54. The van der Waals surface area contributed by atoms with Gasteiger partial charge in [0, 0.05) is 36.2 Å². The Morgan fingerprint density at radius 3 is 2.82 bits per heavy atom. The summed E-state index contributed by atoms with van der Waals surface area (Å²) in [6, 6.07) is 8.06. The highest BCUT2D eigenvalue weighted by Crippen LogP contribution is 2.45. The second kappa shape index (κ2) is 4.85. The van der Waals surface area contributed by atoms with E-state index in [9.17, 15) is 9.90 Å². The molecule has 1 aromatic heterocycles. The van der Waals surface area contributed by atoms with Gasteiger partial charge in [-0.15, -0.1) is 0 Å². The first-order chi connectivity index (χ1) is 10.6. The Morgan fingerprint density at radius 1 is 1.32 bits per heavy atom. The molecule has 1 saturated heterocycles. The number of rotatable bonds is 1. The maximum Gasteiger partial charge on any atom is 0.256 e. The molecular formula is C18H22N2O2. The third-order valence-electron chi connectivity index (χ3n) is 5.53. The highest BCUT2D eigenvalue weighted by Gasteiger charge is 2.48. The van der Waals surface area contributed by atoms with Crippen LogP contribution in [-0.2, 0) is 7.05 Å². The third-order valence-corrected chi connectivity index (χ3v) is 5.53. The van der Waals surface area contributed by atoms with Crippen LogP contribution in [0, 0.1) is 0 Å². The van der Waals surface area contributed by atoms with E-state index in [0.29, 0.717) is 13.0 Å². The summed E-state index contributed by atoms with van der Waals surface area (Å²) in [5.74, 6) is 0.128. The third kappa shape index (κ3) is 1.90. The standard InChI is InChI=1S/C18H22N2O2/c1-19-12-15(14-5-2-3-6-16(14)19)17(22)20-10-7-13(21)11-18(20)8-4-9-18/h2-3,5-6,12-13,21H,4,7-11H2,1H3. The number of hydrogen-bond acceptors (Lipinski definition) is 2. The Bertz CT molecular complexity index is 730. The van der Waals surface area contributed by atoms with E-state index in [1.54, 1.807) is 0 Å². The summed E-state index contributed by atoms with van der Waals surface area (Å²) in [6.45, 7) is 0.670. The van der Waals surface area contributed by atoms with Gasteiger partial charge in [-0.3, -0.25) is 4.79 Å². The molecule has 116 valence electrons. The maximum atomic E-state index is 13.2. The van der Waals surface area contributed by atoms with Crippen LogP contribution in [-0.4, -0.2) is 38.7 Å². The van der Waals surface area contributed by atoms with Crippen LogP contribution in [0.25, 0.3) is 10.9 Å². The Morgan fingerprint density at radius 2 is 2.09 bits per heavy atom. The van der Waals surface area contributed by atoms with Crippen molar-refractivity contribution in [2.45, 2.75) is 43.7 Å². The molecule has 1 saturated carbocycles. The van der Waals surface area contributed by atoms with Crippen LogP contribution in [0.2, 0.25) is 0 Å². The minimum absolute atomic E-state index is 0.0916. The summed E-state index contributed by atoms with van der Waals surface area (Å²) in [5.41, 5.74) is 1.79. The maximum absolute atomic E-state index is 13.2. The number of hydrogen-bond donors (Lipinski definition) is 1. The van der Waals surface area contributed by atoms with Gasteiger partial charge < -0.3 is 14.6 Å². The SMILES string of the molecule is Cn1cc(C(=O)N2CCC(O)CC23CCC3)c2ccccc21. The number of carbonyl (C=O) groups excluding carboxylic acids is 1. The molecule has 1 aliphatic heterocycles. The zero-order valence-corrected chi connectivity index (χ0v) is 13.0. The minimum Gasteiger partial charge on any atom is -0.393 e. The van der Waals surface area contributed by atoms with E-state index in [1.807, 2.05) is 47.0 Å². The first-order valence-corrected chi connectivity index (χ1v) is 8.15. The fourth-order valence-corrected chi connectivity index (χ4v) is 4.20. The van der Waals surface area contributed by atoms with E-state index >= 15 is 0 Å². The van der Waals surface area contributed by atoms with Gasteiger partial charge in [0.15, 0.2) is 0 Å². The normalized spacial score (nSPS) is 23.7. The van der Waals surface area contributed by atoms with Crippen LogP contribution >= 0.6 is 0 Å². The zero-order valence-electron chi connectivity index (χ0n) is 13.0. The number of aryl methyl sites for hydroxylation is 1. The molecule has 1 aromatic carbocycles. The molecule has 1 N–H and O–H groups in total. The molecule has 1 aliphatic carbocycles. The summed E-state index contributed by atoms with van der Waals surface area (Å²) >= 11 is 0. The molecule has 2 fully saturated rings. The molecule has 1 unspecified atom stereocenters. The van der Waals surface area contributed by atoms with Crippen LogP contribution < -0.4 is 0 Å². The molecule has 1 atom stereocenters.